The maximum atomic E-state index is 7.12. The van der Waals surface area contributed by atoms with E-state index in [0.717, 1.165) is 158 Å². The zero-order valence-electron chi connectivity index (χ0n) is 50.4. The van der Waals surface area contributed by atoms with Crippen LogP contribution in [0.15, 0.2) is 350 Å². The fourth-order valence-electron chi connectivity index (χ4n) is 14.3. The highest BCUT2D eigenvalue weighted by atomic mass is 16.5. The van der Waals surface area contributed by atoms with Crippen molar-refractivity contribution in [1.82, 2.24) is 0 Å². The Bertz CT molecular complexity index is 4890. The number of para-hydroxylation sites is 8. The van der Waals surface area contributed by atoms with Crippen LogP contribution in [0.25, 0.3) is 89.0 Å². The summed E-state index contributed by atoms with van der Waals surface area (Å²) in [5, 5.41) is 0. The molecule has 4 aliphatic heterocycles. The second kappa shape index (κ2) is 22.2. The number of hydrogen-bond acceptors (Lipinski definition) is 7. The van der Waals surface area contributed by atoms with E-state index < -0.39 is 0 Å². The van der Waals surface area contributed by atoms with Gasteiger partial charge in [-0.2, -0.15) is 0 Å². The molecule has 0 aromatic heterocycles. The van der Waals surface area contributed by atoms with Crippen LogP contribution < -0.4 is 24.3 Å². The Morgan fingerprint density at radius 2 is 0.473 bits per heavy atom. The number of benzene rings is 14. The van der Waals surface area contributed by atoms with E-state index in [4.69, 9.17) is 14.7 Å². The van der Waals surface area contributed by atoms with Crippen molar-refractivity contribution in [3.63, 3.8) is 0 Å². The highest BCUT2D eigenvalue weighted by molar-refractivity contribution is 6.28. The Hall–Kier alpha value is -12.6. The van der Waals surface area contributed by atoms with Crippen LogP contribution in [0, 0.1) is 0 Å². The quantitative estimate of drug-likeness (QED) is 0.137. The smallest absolute Gasteiger partial charge is 0.220 e. The van der Waals surface area contributed by atoms with Crippen LogP contribution in [0.1, 0.15) is 0 Å². The van der Waals surface area contributed by atoms with Gasteiger partial charge in [0, 0.05) is 45.5 Å². The number of guanidine groups is 2. The molecule has 0 saturated heterocycles. The zero-order valence-corrected chi connectivity index (χ0v) is 50.4. The lowest BCUT2D eigenvalue weighted by molar-refractivity contribution is 0.483. The number of fused-ring (bicyclic) bond motifs is 14. The van der Waals surface area contributed by atoms with Gasteiger partial charge in [0.05, 0.1) is 56.9 Å². The summed E-state index contributed by atoms with van der Waals surface area (Å²) < 4.78 is 7.12. The van der Waals surface area contributed by atoms with Gasteiger partial charge in [-0.3, -0.25) is 19.6 Å². The van der Waals surface area contributed by atoms with E-state index in [0.29, 0.717) is 11.5 Å². The number of nitrogens with zero attached hydrogens (tertiary/aromatic N) is 6. The summed E-state index contributed by atoms with van der Waals surface area (Å²) in [4.78, 5) is 21.1. The highest BCUT2D eigenvalue weighted by Gasteiger charge is 2.41. The van der Waals surface area contributed by atoms with Gasteiger partial charge in [-0.05, 0) is 116 Å². The molecule has 7 heteroatoms. The molecule has 0 N–H and O–H groups in total. The molecule has 14 aromatic rings. The summed E-state index contributed by atoms with van der Waals surface area (Å²) >= 11 is 0. The topological polar surface area (TPSA) is 46.9 Å². The SMILES string of the molecule is c1ccc(-c2cccc(-c3ccccc3)c2-c2cccc3c2N=C2N(c4cccc(Oc5cccc(N6C7=Nc8c(cccc8-c8c(-c9ccccc9)cccc8-c8ccccc8)-c8ccccc8N7c7ccccc76)c5)c4)c4ccccc4N2c2ccccc2-3)cc1. The second-order valence-electron chi connectivity index (χ2n) is 23.6. The van der Waals surface area contributed by atoms with E-state index in [1.807, 2.05) is 12.1 Å². The Kier molecular flexibility index (Phi) is 12.7. The largest absolute Gasteiger partial charge is 0.457 e. The molecule has 0 spiro atoms. The summed E-state index contributed by atoms with van der Waals surface area (Å²) in [7, 11) is 0. The van der Waals surface area contributed by atoms with Crippen LogP contribution in [0.3, 0.4) is 0 Å². The third kappa shape index (κ3) is 8.89. The molecule has 0 bridgehead atoms. The van der Waals surface area contributed by atoms with Gasteiger partial charge in [0.2, 0.25) is 11.9 Å². The van der Waals surface area contributed by atoms with E-state index in [1.165, 1.54) is 0 Å². The molecule has 14 aromatic carbocycles. The zero-order chi connectivity index (χ0) is 61.3. The molecule has 18 rings (SSSR count). The van der Waals surface area contributed by atoms with Crippen LogP contribution in [-0.2, 0) is 0 Å². The lowest BCUT2D eigenvalue weighted by Gasteiger charge is -2.25. The average molecular weight is 1190 g/mol. The maximum absolute atomic E-state index is 7.12. The van der Waals surface area contributed by atoms with Gasteiger partial charge in [-0.25, -0.2) is 9.98 Å². The number of aliphatic imine (C=N–C) groups is 2. The van der Waals surface area contributed by atoms with Crippen molar-refractivity contribution in [3.05, 3.63) is 340 Å². The molecule has 0 radical (unpaired) electrons. The molecule has 93 heavy (non-hydrogen) atoms. The van der Waals surface area contributed by atoms with Gasteiger partial charge in [0.1, 0.15) is 11.5 Å². The van der Waals surface area contributed by atoms with E-state index >= 15 is 0 Å². The minimum Gasteiger partial charge on any atom is -0.457 e. The van der Waals surface area contributed by atoms with Crippen molar-refractivity contribution in [2.75, 3.05) is 19.6 Å². The van der Waals surface area contributed by atoms with Crippen LogP contribution in [0.2, 0.25) is 0 Å². The predicted octanol–water partition coefficient (Wildman–Crippen LogP) is 23.4. The summed E-state index contributed by atoms with van der Waals surface area (Å²) in [6, 6.07) is 121. The van der Waals surface area contributed by atoms with E-state index in [1.54, 1.807) is 0 Å². The van der Waals surface area contributed by atoms with Crippen molar-refractivity contribution < 1.29 is 4.74 Å². The average Bonchev–Trinajstić information content (AvgIpc) is 1.60. The van der Waals surface area contributed by atoms with E-state index in [2.05, 4.69) is 347 Å². The Morgan fingerprint density at radius 3 is 0.828 bits per heavy atom. The molecule has 4 heterocycles. The lowest BCUT2D eigenvalue weighted by Crippen LogP contribution is -2.32. The third-order valence-corrected chi connectivity index (χ3v) is 18.3. The van der Waals surface area contributed by atoms with Crippen molar-refractivity contribution in [1.29, 1.82) is 0 Å². The molecule has 0 fully saturated rings. The van der Waals surface area contributed by atoms with Crippen LogP contribution >= 0.6 is 0 Å². The van der Waals surface area contributed by atoms with Gasteiger partial charge < -0.3 is 4.74 Å². The number of rotatable bonds is 10. The molecule has 7 nitrogen and oxygen atoms in total. The van der Waals surface area contributed by atoms with Gasteiger partial charge in [-0.1, -0.05) is 267 Å². The van der Waals surface area contributed by atoms with Crippen molar-refractivity contribution in [2.45, 2.75) is 0 Å². The predicted molar refractivity (Wildman–Crippen MR) is 385 cm³/mol. The first kappa shape index (κ1) is 53.4. The molecular weight excluding hydrogens is 1130 g/mol. The Labute approximate surface area is 540 Å². The number of hydrogen-bond donors (Lipinski definition) is 0. The van der Waals surface area contributed by atoms with Crippen LogP contribution in [-0.4, -0.2) is 11.9 Å². The summed E-state index contributed by atoms with van der Waals surface area (Å²) in [6.45, 7) is 0. The number of ether oxygens (including phenoxy) is 1. The van der Waals surface area contributed by atoms with Crippen molar-refractivity contribution in [2.24, 2.45) is 9.98 Å². The summed E-state index contributed by atoms with van der Waals surface area (Å²) in [5.74, 6) is 2.88. The first-order valence-corrected chi connectivity index (χ1v) is 31.6. The van der Waals surface area contributed by atoms with Crippen LogP contribution in [0.4, 0.5) is 56.9 Å². The normalized spacial score (nSPS) is 13.0. The van der Waals surface area contributed by atoms with E-state index in [-0.39, 0.29) is 0 Å². The van der Waals surface area contributed by atoms with Gasteiger partial charge in [-0.15, -0.1) is 0 Å². The summed E-state index contributed by atoms with van der Waals surface area (Å²) in [6.07, 6.45) is 0. The highest BCUT2D eigenvalue weighted by Crippen LogP contribution is 2.58. The minimum absolute atomic E-state index is 0.676. The van der Waals surface area contributed by atoms with Gasteiger partial charge >= 0.3 is 0 Å². The number of anilines is 8. The van der Waals surface area contributed by atoms with Gasteiger partial charge in [0.25, 0.3) is 0 Å². The Morgan fingerprint density at radius 1 is 0.204 bits per heavy atom. The van der Waals surface area contributed by atoms with Gasteiger partial charge in [0.15, 0.2) is 0 Å². The second-order valence-corrected chi connectivity index (χ2v) is 23.6. The van der Waals surface area contributed by atoms with E-state index in [9.17, 15) is 0 Å². The molecule has 0 saturated carbocycles. The first-order valence-electron chi connectivity index (χ1n) is 31.6. The molecule has 0 unspecified atom stereocenters. The fourth-order valence-corrected chi connectivity index (χ4v) is 14.3. The lowest BCUT2D eigenvalue weighted by atomic mass is 9.85. The van der Waals surface area contributed by atoms with Crippen LogP contribution in [0.5, 0.6) is 11.5 Å². The van der Waals surface area contributed by atoms with Crippen molar-refractivity contribution >= 4 is 68.8 Å². The first-order chi connectivity index (χ1) is 46.2. The monoisotopic (exact) mass is 1190 g/mol. The standard InChI is InChI=1S/C86H56N6O/c1-5-27-57(28-6-1)65-41-23-42-66(58-29-7-2-8-30-58)81(65)73-47-25-45-71-69-39-13-15-49-75(69)91-79-53-19-17-51-77(79)89(85(91)87-83(71)73)61-35-21-37-63(55-61)93-64-38-22-36-62(56-64)90-78-52-18-20-54-80(78)92-76-50-16-14-40-70(76)72-46-26-48-74(84(72)88-86(90)92)82-67(59-31-9-3-10-32-59)43-24-44-68(82)60-33-11-4-12-34-60/h1-56H. The molecule has 0 atom stereocenters. The van der Waals surface area contributed by atoms with Crippen molar-refractivity contribution in [3.8, 4) is 101 Å². The third-order valence-electron chi connectivity index (χ3n) is 18.3. The molecule has 0 aliphatic carbocycles. The molecule has 4 aliphatic rings. The molecule has 436 valence electrons. The molecule has 0 amide bonds. The fraction of sp³-hybridized carbons (Fsp3) is 0. The minimum atomic E-state index is 0.676. The summed E-state index contributed by atoms with van der Waals surface area (Å²) in [5.41, 5.74) is 27.5. The molecular formula is C86H56N6O. The Balaban J connectivity index is 0.765. The maximum Gasteiger partial charge on any atom is 0.220 e.